The summed E-state index contributed by atoms with van der Waals surface area (Å²) in [6.07, 6.45) is -0.872. The van der Waals surface area contributed by atoms with Gasteiger partial charge in [0.1, 0.15) is 15.7 Å². The average molecular weight is 355 g/mol. The minimum Gasteiger partial charge on any atom is -0.467 e. The number of pyridine rings is 1. The van der Waals surface area contributed by atoms with Crippen molar-refractivity contribution in [3.8, 4) is 0 Å². The number of methoxy groups -OCH3 is 1. The highest BCUT2D eigenvalue weighted by Crippen LogP contribution is 2.28. The molecule has 114 valence electrons. The van der Waals surface area contributed by atoms with Gasteiger partial charge in [0, 0.05) is 22.3 Å². The van der Waals surface area contributed by atoms with Gasteiger partial charge < -0.3 is 9.30 Å². The molecule has 0 fully saturated rings. The molecule has 0 saturated carbocycles. The van der Waals surface area contributed by atoms with E-state index in [0.29, 0.717) is 0 Å². The number of aromatic nitrogens is 2. The highest BCUT2D eigenvalue weighted by atomic mass is 35.7. The first-order valence-corrected chi connectivity index (χ1v) is 8.24. The Morgan fingerprint density at radius 1 is 1.52 bits per heavy atom. The third kappa shape index (κ3) is 3.28. The normalized spacial score (nSPS) is 13.3. The number of halogens is 3. The monoisotopic (exact) mass is 354 g/mol. The summed E-state index contributed by atoms with van der Waals surface area (Å²) in [5, 5.41) is 0.278. The van der Waals surface area contributed by atoms with Crippen LogP contribution in [0.25, 0.3) is 11.0 Å². The van der Waals surface area contributed by atoms with E-state index in [4.69, 9.17) is 22.3 Å². The minimum absolute atomic E-state index is 0.0915. The summed E-state index contributed by atoms with van der Waals surface area (Å²) in [5.41, 5.74) is 0.105. The smallest absolute Gasteiger partial charge is 0.342 e. The first kappa shape index (κ1) is 16.0. The number of hydrogen-bond acceptors (Lipinski definition) is 5. The summed E-state index contributed by atoms with van der Waals surface area (Å²) in [6, 6.07) is 2.79. The standard InChI is InChI=1S/C11H9Cl2FN2O4S/c1-20-11(17)7(14)4-16-5-8(21(13,18)19)6-2-3-9(12)15-10(6)16/h2-3,5,7H,4H2,1H3. The van der Waals surface area contributed by atoms with Gasteiger partial charge in [0.2, 0.25) is 6.17 Å². The number of rotatable bonds is 4. The Kier molecular flexibility index (Phi) is 4.40. The number of carbonyl (C=O) groups excluding carboxylic acids is 1. The maximum absolute atomic E-state index is 13.7. The van der Waals surface area contributed by atoms with Crippen molar-refractivity contribution in [1.82, 2.24) is 9.55 Å². The lowest BCUT2D eigenvalue weighted by atomic mass is 10.3. The lowest BCUT2D eigenvalue weighted by molar-refractivity contribution is -0.146. The Balaban J connectivity index is 2.58. The predicted molar refractivity (Wildman–Crippen MR) is 74.7 cm³/mol. The van der Waals surface area contributed by atoms with Gasteiger partial charge in [0.05, 0.1) is 13.7 Å². The zero-order valence-electron chi connectivity index (χ0n) is 10.6. The average Bonchev–Trinajstić information content (AvgIpc) is 2.76. The van der Waals surface area contributed by atoms with Gasteiger partial charge in [-0.1, -0.05) is 11.6 Å². The molecule has 2 heterocycles. The van der Waals surface area contributed by atoms with Gasteiger partial charge in [0.15, 0.2) is 0 Å². The molecule has 2 aromatic heterocycles. The second kappa shape index (κ2) is 5.78. The van der Waals surface area contributed by atoms with E-state index in [1.807, 2.05) is 0 Å². The predicted octanol–water partition coefficient (Wildman–Crippen LogP) is 2.13. The quantitative estimate of drug-likeness (QED) is 0.477. The van der Waals surface area contributed by atoms with Gasteiger partial charge in [-0.05, 0) is 12.1 Å². The number of esters is 1. The molecule has 0 N–H and O–H groups in total. The van der Waals surface area contributed by atoms with Crippen LogP contribution in [0, 0.1) is 0 Å². The summed E-state index contributed by atoms with van der Waals surface area (Å²) >= 11 is 5.75. The van der Waals surface area contributed by atoms with Crippen molar-refractivity contribution in [2.45, 2.75) is 17.6 Å². The Morgan fingerprint density at radius 2 is 2.19 bits per heavy atom. The molecule has 0 aromatic carbocycles. The third-order valence-corrected chi connectivity index (χ3v) is 4.29. The van der Waals surface area contributed by atoms with E-state index in [2.05, 4.69) is 9.72 Å². The fourth-order valence-electron chi connectivity index (χ4n) is 1.82. The lowest BCUT2D eigenvalue weighted by Crippen LogP contribution is -2.22. The molecule has 6 nitrogen and oxygen atoms in total. The van der Waals surface area contributed by atoms with E-state index in [0.717, 1.165) is 17.9 Å². The molecule has 0 aliphatic heterocycles. The van der Waals surface area contributed by atoms with E-state index < -0.39 is 27.7 Å². The molecule has 0 aliphatic rings. The Bertz CT molecular complexity index is 806. The van der Waals surface area contributed by atoms with E-state index >= 15 is 0 Å². The van der Waals surface area contributed by atoms with Crippen LogP contribution in [0.1, 0.15) is 0 Å². The van der Waals surface area contributed by atoms with E-state index in [1.165, 1.54) is 12.1 Å². The summed E-state index contributed by atoms with van der Waals surface area (Å²) in [5.74, 6) is -1.07. The largest absolute Gasteiger partial charge is 0.467 e. The van der Waals surface area contributed by atoms with Gasteiger partial charge in [-0.15, -0.1) is 0 Å². The van der Waals surface area contributed by atoms with Crippen molar-refractivity contribution in [3.05, 3.63) is 23.5 Å². The molecular formula is C11H9Cl2FN2O4S. The first-order chi connectivity index (χ1) is 9.74. The second-order valence-electron chi connectivity index (χ2n) is 4.08. The summed E-state index contributed by atoms with van der Waals surface area (Å²) in [6.45, 7) is -0.469. The number of nitrogens with zero attached hydrogens (tertiary/aromatic N) is 2. The molecule has 0 amide bonds. The van der Waals surface area contributed by atoms with Gasteiger partial charge in [-0.3, -0.25) is 0 Å². The van der Waals surface area contributed by atoms with Crippen molar-refractivity contribution in [1.29, 1.82) is 0 Å². The van der Waals surface area contributed by atoms with E-state index in [9.17, 15) is 17.6 Å². The van der Waals surface area contributed by atoms with Crippen LogP contribution in [0.2, 0.25) is 5.15 Å². The Morgan fingerprint density at radius 3 is 2.76 bits per heavy atom. The van der Waals surface area contributed by atoms with Crippen LogP contribution in [0.4, 0.5) is 4.39 Å². The van der Waals surface area contributed by atoms with Gasteiger partial charge in [-0.25, -0.2) is 22.6 Å². The van der Waals surface area contributed by atoms with E-state index in [1.54, 1.807) is 0 Å². The molecule has 0 saturated heterocycles. The Hall–Kier alpha value is -1.38. The van der Waals surface area contributed by atoms with Crippen molar-refractivity contribution in [2.24, 2.45) is 0 Å². The number of hydrogen-bond donors (Lipinski definition) is 0. The molecule has 0 radical (unpaired) electrons. The fraction of sp³-hybridized carbons (Fsp3) is 0.273. The van der Waals surface area contributed by atoms with Gasteiger partial charge in [0.25, 0.3) is 9.05 Å². The SMILES string of the molecule is COC(=O)C(F)Cn1cc(S(=O)(=O)Cl)c2ccc(Cl)nc21. The molecule has 10 heteroatoms. The number of alkyl halides is 1. The summed E-state index contributed by atoms with van der Waals surface area (Å²) < 4.78 is 42.2. The second-order valence-corrected chi connectivity index (χ2v) is 7.00. The fourth-order valence-corrected chi connectivity index (χ4v) is 3.00. The highest BCUT2D eigenvalue weighted by Gasteiger charge is 2.24. The third-order valence-electron chi connectivity index (χ3n) is 2.73. The molecule has 21 heavy (non-hydrogen) atoms. The molecule has 2 aromatic rings. The summed E-state index contributed by atoms with van der Waals surface area (Å²) in [7, 11) is 2.32. The van der Waals surface area contributed by atoms with Gasteiger partial charge in [-0.2, -0.15) is 0 Å². The maximum atomic E-state index is 13.7. The molecular weight excluding hydrogens is 346 g/mol. The number of fused-ring (bicyclic) bond motifs is 1. The zero-order chi connectivity index (χ0) is 15.8. The highest BCUT2D eigenvalue weighted by molar-refractivity contribution is 8.14. The topological polar surface area (TPSA) is 78.3 Å². The van der Waals surface area contributed by atoms with Crippen LogP contribution in [0.3, 0.4) is 0 Å². The molecule has 2 rings (SSSR count). The Labute approximate surface area is 128 Å². The molecule has 0 spiro atoms. The van der Waals surface area contributed by atoms with Crippen molar-refractivity contribution in [2.75, 3.05) is 7.11 Å². The van der Waals surface area contributed by atoms with Crippen molar-refractivity contribution < 1.29 is 22.3 Å². The number of ether oxygens (including phenoxy) is 1. The van der Waals surface area contributed by atoms with Crippen LogP contribution < -0.4 is 0 Å². The summed E-state index contributed by atoms with van der Waals surface area (Å²) in [4.78, 5) is 14.8. The van der Waals surface area contributed by atoms with Crippen LogP contribution in [0.15, 0.2) is 23.2 Å². The molecule has 1 atom stereocenters. The molecule has 1 unspecified atom stereocenters. The van der Waals surface area contributed by atoms with E-state index in [-0.39, 0.29) is 21.1 Å². The van der Waals surface area contributed by atoms with Crippen molar-refractivity contribution >= 4 is 48.3 Å². The van der Waals surface area contributed by atoms with Crippen LogP contribution in [0.5, 0.6) is 0 Å². The molecule has 0 aliphatic carbocycles. The maximum Gasteiger partial charge on any atom is 0.342 e. The lowest BCUT2D eigenvalue weighted by Gasteiger charge is -2.08. The minimum atomic E-state index is -4.05. The van der Waals surface area contributed by atoms with Crippen LogP contribution in [-0.2, 0) is 25.1 Å². The van der Waals surface area contributed by atoms with Crippen LogP contribution >= 0.6 is 22.3 Å². The first-order valence-electron chi connectivity index (χ1n) is 5.56. The van der Waals surface area contributed by atoms with Crippen molar-refractivity contribution in [3.63, 3.8) is 0 Å². The van der Waals surface area contributed by atoms with Gasteiger partial charge >= 0.3 is 5.97 Å². The van der Waals surface area contributed by atoms with Crippen LogP contribution in [-0.4, -0.2) is 37.2 Å². The molecule has 0 bridgehead atoms. The number of carbonyl (C=O) groups is 1. The zero-order valence-corrected chi connectivity index (χ0v) is 12.9.